The van der Waals surface area contributed by atoms with E-state index < -0.39 is 37.7 Å². The van der Waals surface area contributed by atoms with Gasteiger partial charge in [-0.1, -0.05) is 0 Å². The van der Waals surface area contributed by atoms with Gasteiger partial charge in [0.2, 0.25) is 20.0 Å². The smallest absolute Gasteiger partial charge is 0.318 e. The molecule has 132 valence electrons. The Kier molecular flexibility index (Phi) is 6.53. The molecule has 1 aromatic carbocycles. The number of sulfonamides is 2. The van der Waals surface area contributed by atoms with Crippen LogP contribution in [-0.4, -0.2) is 49.7 Å². The maximum Gasteiger partial charge on any atom is 0.402 e. The molecule has 0 saturated carbocycles. The number of hydrogen-bond acceptors (Lipinski definition) is 5. The molecule has 0 atom stereocenters. The third kappa shape index (κ3) is 6.43. The van der Waals surface area contributed by atoms with Gasteiger partial charge < -0.3 is 5.32 Å². The van der Waals surface area contributed by atoms with Crippen LogP contribution in [-0.2, 0) is 20.0 Å². The van der Waals surface area contributed by atoms with Crippen molar-refractivity contribution in [2.24, 2.45) is 0 Å². The molecule has 0 fully saturated rings. The van der Waals surface area contributed by atoms with Crippen molar-refractivity contribution in [3.63, 3.8) is 0 Å². The monoisotopic (exact) mass is 375 g/mol. The molecule has 1 aromatic rings. The van der Waals surface area contributed by atoms with Crippen LogP contribution in [0, 0.1) is 0 Å². The van der Waals surface area contributed by atoms with Crippen molar-refractivity contribution < 1.29 is 30.0 Å². The number of rotatable bonds is 8. The number of nitrogens with one attached hydrogen (secondary N) is 3. The molecule has 0 aliphatic rings. The highest BCUT2D eigenvalue weighted by Crippen LogP contribution is 2.17. The van der Waals surface area contributed by atoms with E-state index in [0.29, 0.717) is 6.54 Å². The number of halogens is 3. The standard InChI is InChI=1S/C11H16F3N3O4S2/c1-15-6-7-16-22(18,19)9-2-4-10(5-3-9)23(20,21)17-8-11(12,13)14/h2-5,15-17H,6-8H2,1H3. The summed E-state index contributed by atoms with van der Waals surface area (Å²) >= 11 is 0. The van der Waals surface area contributed by atoms with Crippen molar-refractivity contribution in [1.82, 2.24) is 14.8 Å². The molecule has 0 bridgehead atoms. The van der Waals surface area contributed by atoms with Gasteiger partial charge in [0, 0.05) is 13.1 Å². The number of alkyl halides is 3. The normalized spacial score (nSPS) is 13.2. The SMILES string of the molecule is CNCCNS(=O)(=O)c1ccc(S(=O)(=O)NCC(F)(F)F)cc1. The third-order valence-corrected chi connectivity index (χ3v) is 5.47. The zero-order valence-corrected chi connectivity index (χ0v) is 13.6. The minimum Gasteiger partial charge on any atom is -0.318 e. The summed E-state index contributed by atoms with van der Waals surface area (Å²) in [5.41, 5.74) is 0. The first-order valence-corrected chi connectivity index (χ1v) is 9.25. The summed E-state index contributed by atoms with van der Waals surface area (Å²) in [5.74, 6) is 0. The van der Waals surface area contributed by atoms with E-state index >= 15 is 0 Å². The number of likely N-dealkylation sites (N-methyl/N-ethyl adjacent to an activating group) is 1. The highest BCUT2D eigenvalue weighted by atomic mass is 32.2. The van der Waals surface area contributed by atoms with Gasteiger partial charge in [-0.2, -0.15) is 13.2 Å². The quantitative estimate of drug-likeness (QED) is 0.556. The van der Waals surface area contributed by atoms with Crippen LogP contribution in [0.1, 0.15) is 0 Å². The first-order chi connectivity index (χ1) is 10.5. The number of benzene rings is 1. The Bertz CT molecular complexity index is 716. The van der Waals surface area contributed by atoms with Crippen molar-refractivity contribution >= 4 is 20.0 Å². The second kappa shape index (κ2) is 7.57. The molecule has 0 radical (unpaired) electrons. The molecule has 0 heterocycles. The molecule has 0 aliphatic carbocycles. The first-order valence-electron chi connectivity index (χ1n) is 6.29. The molecule has 3 N–H and O–H groups in total. The van der Waals surface area contributed by atoms with Crippen LogP contribution < -0.4 is 14.8 Å². The first kappa shape index (κ1) is 19.8. The zero-order chi connectivity index (χ0) is 17.7. The van der Waals surface area contributed by atoms with Crippen LogP contribution in [0.15, 0.2) is 34.1 Å². The fourth-order valence-corrected chi connectivity index (χ4v) is 3.50. The number of hydrogen-bond donors (Lipinski definition) is 3. The summed E-state index contributed by atoms with van der Waals surface area (Å²) in [4.78, 5) is -0.653. The average Bonchev–Trinajstić information content (AvgIpc) is 2.45. The molecule has 7 nitrogen and oxygen atoms in total. The minimum atomic E-state index is -4.69. The molecular weight excluding hydrogens is 359 g/mol. The van der Waals surface area contributed by atoms with Gasteiger partial charge in [0.25, 0.3) is 0 Å². The van der Waals surface area contributed by atoms with E-state index in [1.165, 1.54) is 4.72 Å². The second-order valence-electron chi connectivity index (χ2n) is 4.41. The summed E-state index contributed by atoms with van der Waals surface area (Å²) in [5, 5.41) is 2.74. The highest BCUT2D eigenvalue weighted by Gasteiger charge is 2.30. The Balaban J connectivity index is 2.87. The van der Waals surface area contributed by atoms with Gasteiger partial charge in [-0.05, 0) is 31.3 Å². The van der Waals surface area contributed by atoms with E-state index in [4.69, 9.17) is 0 Å². The van der Waals surface area contributed by atoms with E-state index in [0.717, 1.165) is 24.3 Å². The predicted octanol–water partition coefficient (Wildman–Crippen LogP) is 0.0249. The van der Waals surface area contributed by atoms with Crippen molar-refractivity contribution in [3.8, 4) is 0 Å². The van der Waals surface area contributed by atoms with E-state index in [-0.39, 0.29) is 11.4 Å². The zero-order valence-electron chi connectivity index (χ0n) is 12.0. The van der Waals surface area contributed by atoms with Gasteiger partial charge >= 0.3 is 6.18 Å². The van der Waals surface area contributed by atoms with E-state index in [1.54, 1.807) is 7.05 Å². The van der Waals surface area contributed by atoms with Gasteiger partial charge in [-0.15, -0.1) is 0 Å². The molecule has 0 unspecified atom stereocenters. The highest BCUT2D eigenvalue weighted by molar-refractivity contribution is 7.90. The Morgan fingerprint density at radius 1 is 0.870 bits per heavy atom. The third-order valence-electron chi connectivity index (χ3n) is 2.57. The largest absolute Gasteiger partial charge is 0.402 e. The molecule has 0 aliphatic heterocycles. The van der Waals surface area contributed by atoms with Gasteiger partial charge in [0.15, 0.2) is 0 Å². The predicted molar refractivity (Wildman–Crippen MR) is 76.8 cm³/mol. The Morgan fingerprint density at radius 3 is 1.70 bits per heavy atom. The van der Waals surface area contributed by atoms with Gasteiger partial charge in [0.1, 0.15) is 6.54 Å². The molecule has 23 heavy (non-hydrogen) atoms. The topological polar surface area (TPSA) is 104 Å². The fourth-order valence-electron chi connectivity index (χ4n) is 1.45. The Morgan fingerprint density at radius 2 is 1.30 bits per heavy atom. The Labute approximate surface area is 132 Å². The summed E-state index contributed by atoms with van der Waals surface area (Å²) < 4.78 is 86.9. The lowest BCUT2D eigenvalue weighted by molar-refractivity contribution is -0.121. The van der Waals surface area contributed by atoms with Crippen molar-refractivity contribution in [3.05, 3.63) is 24.3 Å². The van der Waals surface area contributed by atoms with Gasteiger partial charge in [0.05, 0.1) is 9.79 Å². The Hall–Kier alpha value is -1.21. The fraction of sp³-hybridized carbons (Fsp3) is 0.455. The van der Waals surface area contributed by atoms with Crippen LogP contribution in [0.5, 0.6) is 0 Å². The summed E-state index contributed by atoms with van der Waals surface area (Å²) in [6, 6.07) is 3.85. The molecule has 0 saturated heterocycles. The van der Waals surface area contributed by atoms with Crippen molar-refractivity contribution in [2.45, 2.75) is 16.0 Å². The molecule has 0 amide bonds. The van der Waals surface area contributed by atoms with Crippen molar-refractivity contribution in [1.29, 1.82) is 0 Å². The lowest BCUT2D eigenvalue weighted by Gasteiger charge is -2.10. The van der Waals surface area contributed by atoms with E-state index in [2.05, 4.69) is 10.0 Å². The van der Waals surface area contributed by atoms with Crippen molar-refractivity contribution in [2.75, 3.05) is 26.7 Å². The lowest BCUT2D eigenvalue weighted by atomic mass is 10.4. The summed E-state index contributed by atoms with van der Waals surface area (Å²) in [6.07, 6.45) is -4.69. The minimum absolute atomic E-state index is 0.131. The summed E-state index contributed by atoms with van der Waals surface area (Å²) in [6.45, 7) is -1.18. The van der Waals surface area contributed by atoms with Crippen LogP contribution in [0.3, 0.4) is 0 Å². The maximum atomic E-state index is 12.1. The van der Waals surface area contributed by atoms with Crippen LogP contribution in [0.2, 0.25) is 0 Å². The molecule has 12 heteroatoms. The lowest BCUT2D eigenvalue weighted by Crippen LogP contribution is -2.33. The van der Waals surface area contributed by atoms with Crippen LogP contribution in [0.25, 0.3) is 0 Å². The maximum absolute atomic E-state index is 12.1. The van der Waals surface area contributed by atoms with Gasteiger partial charge in [-0.3, -0.25) is 0 Å². The van der Waals surface area contributed by atoms with E-state index in [9.17, 15) is 30.0 Å². The van der Waals surface area contributed by atoms with Crippen LogP contribution in [0.4, 0.5) is 13.2 Å². The second-order valence-corrected chi connectivity index (χ2v) is 7.95. The van der Waals surface area contributed by atoms with E-state index in [1.807, 2.05) is 0 Å². The molecular formula is C11H16F3N3O4S2. The molecule has 0 spiro atoms. The molecule has 0 aromatic heterocycles. The summed E-state index contributed by atoms with van der Waals surface area (Å²) in [7, 11) is -6.55. The van der Waals surface area contributed by atoms with Crippen LogP contribution >= 0.6 is 0 Å². The van der Waals surface area contributed by atoms with Gasteiger partial charge in [-0.25, -0.2) is 26.3 Å². The average molecular weight is 375 g/mol. The molecule has 1 rings (SSSR count).